The Morgan fingerprint density at radius 3 is 2.84 bits per heavy atom. The zero-order valence-electron chi connectivity index (χ0n) is 14.9. The Hall–Kier alpha value is -2.09. The fraction of sp³-hybridized carbons (Fsp3) is 0.706. The number of hydrogen-bond acceptors (Lipinski definition) is 4. The van der Waals surface area contributed by atoms with Crippen molar-refractivity contribution in [1.82, 2.24) is 25.1 Å². The third-order valence-electron chi connectivity index (χ3n) is 5.07. The summed E-state index contributed by atoms with van der Waals surface area (Å²) in [5.74, 6) is 1.23. The van der Waals surface area contributed by atoms with Crippen molar-refractivity contribution in [1.29, 1.82) is 0 Å². The molecule has 0 bridgehead atoms. The first-order valence-corrected chi connectivity index (χ1v) is 8.98. The van der Waals surface area contributed by atoms with Gasteiger partial charge in [0, 0.05) is 52.2 Å². The van der Waals surface area contributed by atoms with Gasteiger partial charge in [-0.25, -0.2) is 9.78 Å². The number of carbonyl (C=O) groups is 2. The lowest BCUT2D eigenvalue weighted by Gasteiger charge is -2.31. The van der Waals surface area contributed by atoms with Gasteiger partial charge in [0.25, 0.3) is 0 Å². The Kier molecular flexibility index (Phi) is 5.57. The van der Waals surface area contributed by atoms with E-state index < -0.39 is 0 Å². The molecule has 1 unspecified atom stereocenters. The largest absolute Gasteiger partial charge is 0.381 e. The van der Waals surface area contributed by atoms with Gasteiger partial charge < -0.3 is 24.8 Å². The van der Waals surface area contributed by atoms with Crippen molar-refractivity contribution >= 4 is 11.9 Å². The predicted octanol–water partition coefficient (Wildman–Crippen LogP) is 0.901. The van der Waals surface area contributed by atoms with Crippen LogP contribution in [0.1, 0.15) is 38.1 Å². The molecule has 3 rings (SSSR count). The fourth-order valence-corrected chi connectivity index (χ4v) is 3.64. The molecule has 2 aliphatic heterocycles. The summed E-state index contributed by atoms with van der Waals surface area (Å²) in [7, 11) is 1.75. The molecule has 0 aromatic carbocycles. The van der Waals surface area contributed by atoms with Crippen LogP contribution >= 0.6 is 0 Å². The minimum Gasteiger partial charge on any atom is -0.381 e. The van der Waals surface area contributed by atoms with Crippen molar-refractivity contribution in [2.75, 3.05) is 26.8 Å². The molecule has 0 aliphatic carbocycles. The summed E-state index contributed by atoms with van der Waals surface area (Å²) < 4.78 is 7.52. The highest BCUT2D eigenvalue weighted by Crippen LogP contribution is 2.29. The number of nitrogens with zero attached hydrogens (tertiary/aromatic N) is 3. The number of carbonyl (C=O) groups excluding carboxylic acids is 2. The van der Waals surface area contributed by atoms with Gasteiger partial charge in [-0.1, -0.05) is 0 Å². The second-order valence-corrected chi connectivity index (χ2v) is 6.79. The summed E-state index contributed by atoms with van der Waals surface area (Å²) in [5, 5.41) is 6.03. The minimum absolute atomic E-state index is 0.0628. The number of nitrogens with one attached hydrogen (secondary N) is 2. The summed E-state index contributed by atoms with van der Waals surface area (Å²) in [5.41, 5.74) is 0. The maximum Gasteiger partial charge on any atom is 0.315 e. The van der Waals surface area contributed by atoms with Gasteiger partial charge in [0.05, 0.1) is 12.1 Å². The van der Waals surface area contributed by atoms with Gasteiger partial charge in [0.1, 0.15) is 5.82 Å². The molecule has 1 aromatic heterocycles. The molecular weight excluding hydrogens is 322 g/mol. The Labute approximate surface area is 147 Å². The first-order chi connectivity index (χ1) is 12.1. The second kappa shape index (κ2) is 7.86. The molecule has 2 saturated heterocycles. The maximum absolute atomic E-state index is 12.5. The second-order valence-electron chi connectivity index (χ2n) is 6.79. The van der Waals surface area contributed by atoms with Crippen LogP contribution in [0.3, 0.4) is 0 Å². The van der Waals surface area contributed by atoms with Crippen LogP contribution in [0.2, 0.25) is 0 Å². The highest BCUT2D eigenvalue weighted by molar-refractivity contribution is 5.81. The Morgan fingerprint density at radius 2 is 2.20 bits per heavy atom. The zero-order chi connectivity index (χ0) is 17.8. The number of amides is 3. The molecule has 2 aliphatic rings. The van der Waals surface area contributed by atoms with Crippen molar-refractivity contribution in [2.24, 2.45) is 5.92 Å². The quantitative estimate of drug-likeness (QED) is 0.827. The number of ether oxygens (including phenoxy) is 1. The Balaban J connectivity index is 1.69. The Morgan fingerprint density at radius 1 is 1.44 bits per heavy atom. The van der Waals surface area contributed by atoms with Gasteiger partial charge in [-0.15, -0.1) is 0 Å². The first-order valence-electron chi connectivity index (χ1n) is 8.98. The average molecular weight is 349 g/mol. The molecule has 138 valence electrons. The van der Waals surface area contributed by atoms with E-state index in [4.69, 9.17) is 4.74 Å². The van der Waals surface area contributed by atoms with E-state index >= 15 is 0 Å². The van der Waals surface area contributed by atoms with E-state index in [2.05, 4.69) is 27.1 Å². The molecule has 2 N–H and O–H groups in total. The smallest absolute Gasteiger partial charge is 0.315 e. The summed E-state index contributed by atoms with van der Waals surface area (Å²) in [4.78, 5) is 30.3. The number of aromatic nitrogens is 2. The normalized spacial score (nSPS) is 22.9. The number of hydrogen-bond donors (Lipinski definition) is 2. The highest BCUT2D eigenvalue weighted by atomic mass is 16.5. The zero-order valence-corrected chi connectivity index (χ0v) is 14.9. The number of imidazole rings is 1. The van der Waals surface area contributed by atoms with E-state index in [1.165, 1.54) is 0 Å². The van der Waals surface area contributed by atoms with E-state index in [0.29, 0.717) is 32.1 Å². The minimum atomic E-state index is -0.241. The van der Waals surface area contributed by atoms with Crippen molar-refractivity contribution in [3.05, 3.63) is 18.2 Å². The van der Waals surface area contributed by atoms with Crippen LogP contribution in [0.15, 0.2) is 12.4 Å². The molecular formula is C17H27N5O3. The molecule has 0 saturated carbocycles. The average Bonchev–Trinajstić information content (AvgIpc) is 3.20. The SMILES string of the molecule is CCn1ccnc1C(NC(=O)N[C@H]1CC(=O)N(C)C1)C1CCOCC1. The number of aryl methyl sites for hydroxylation is 1. The lowest BCUT2D eigenvalue weighted by Crippen LogP contribution is -2.47. The van der Waals surface area contributed by atoms with E-state index in [9.17, 15) is 9.59 Å². The van der Waals surface area contributed by atoms with Crippen molar-refractivity contribution in [2.45, 2.75) is 44.8 Å². The number of likely N-dealkylation sites (N-methyl/N-ethyl adjacent to an activating group) is 1. The standard InChI is InChI=1S/C17H27N5O3/c1-3-22-7-6-18-16(22)15(12-4-8-25-9-5-12)20-17(24)19-13-10-14(23)21(2)11-13/h6-7,12-13,15H,3-5,8-11H2,1-2H3,(H2,19,20,24)/t13-,15?/m0/s1. The predicted molar refractivity (Wildman–Crippen MR) is 91.9 cm³/mol. The molecule has 8 nitrogen and oxygen atoms in total. The molecule has 0 spiro atoms. The molecule has 25 heavy (non-hydrogen) atoms. The number of likely N-dealkylation sites (tertiary alicyclic amines) is 1. The lowest BCUT2D eigenvalue weighted by molar-refractivity contribution is -0.126. The van der Waals surface area contributed by atoms with Crippen molar-refractivity contribution < 1.29 is 14.3 Å². The van der Waals surface area contributed by atoms with E-state index in [-0.39, 0.29) is 24.0 Å². The van der Waals surface area contributed by atoms with Crippen LogP contribution < -0.4 is 10.6 Å². The van der Waals surface area contributed by atoms with Gasteiger partial charge in [-0.05, 0) is 25.7 Å². The van der Waals surface area contributed by atoms with E-state index in [1.807, 2.05) is 6.20 Å². The Bertz CT molecular complexity index is 611. The van der Waals surface area contributed by atoms with Crippen LogP contribution in [-0.2, 0) is 16.1 Å². The van der Waals surface area contributed by atoms with Crippen molar-refractivity contribution in [3.8, 4) is 0 Å². The third-order valence-corrected chi connectivity index (χ3v) is 5.07. The van der Waals surface area contributed by atoms with Crippen LogP contribution in [0.4, 0.5) is 4.79 Å². The van der Waals surface area contributed by atoms with Crippen LogP contribution in [0.5, 0.6) is 0 Å². The van der Waals surface area contributed by atoms with Gasteiger partial charge in [0.15, 0.2) is 0 Å². The molecule has 2 atom stereocenters. The summed E-state index contributed by atoms with van der Waals surface area (Å²) >= 11 is 0. The van der Waals surface area contributed by atoms with Crippen LogP contribution in [0.25, 0.3) is 0 Å². The topological polar surface area (TPSA) is 88.5 Å². The monoisotopic (exact) mass is 349 g/mol. The van der Waals surface area contributed by atoms with Gasteiger partial charge >= 0.3 is 6.03 Å². The summed E-state index contributed by atoms with van der Waals surface area (Å²) in [6.45, 7) is 4.84. The molecule has 3 heterocycles. The van der Waals surface area contributed by atoms with E-state index in [1.54, 1.807) is 18.1 Å². The first kappa shape index (κ1) is 17.7. The fourth-order valence-electron chi connectivity index (χ4n) is 3.64. The van der Waals surface area contributed by atoms with Crippen LogP contribution in [0, 0.1) is 5.92 Å². The van der Waals surface area contributed by atoms with Gasteiger partial charge in [-0.3, -0.25) is 4.79 Å². The number of urea groups is 1. The summed E-state index contributed by atoms with van der Waals surface area (Å²) in [6.07, 6.45) is 5.86. The lowest BCUT2D eigenvalue weighted by atomic mass is 9.91. The van der Waals surface area contributed by atoms with E-state index in [0.717, 1.165) is 25.2 Å². The van der Waals surface area contributed by atoms with Gasteiger partial charge in [0.2, 0.25) is 5.91 Å². The van der Waals surface area contributed by atoms with Crippen LogP contribution in [-0.4, -0.2) is 59.2 Å². The molecule has 2 fully saturated rings. The molecule has 0 radical (unpaired) electrons. The maximum atomic E-state index is 12.5. The summed E-state index contributed by atoms with van der Waals surface area (Å²) in [6, 6.07) is -0.539. The highest BCUT2D eigenvalue weighted by Gasteiger charge is 2.32. The molecule has 1 aromatic rings. The molecule has 3 amide bonds. The number of rotatable bonds is 5. The third kappa shape index (κ3) is 4.12. The van der Waals surface area contributed by atoms with Crippen molar-refractivity contribution in [3.63, 3.8) is 0 Å². The van der Waals surface area contributed by atoms with Gasteiger partial charge in [-0.2, -0.15) is 0 Å². The molecule has 8 heteroatoms.